The van der Waals surface area contributed by atoms with Gasteiger partial charge in [0.25, 0.3) is 0 Å². The van der Waals surface area contributed by atoms with Gasteiger partial charge in [-0.05, 0) is 30.2 Å². The summed E-state index contributed by atoms with van der Waals surface area (Å²) < 4.78 is 6.94. The van der Waals surface area contributed by atoms with Crippen molar-refractivity contribution in [3.05, 3.63) is 0 Å². The van der Waals surface area contributed by atoms with Crippen molar-refractivity contribution in [2.24, 2.45) is 0 Å². The fourth-order valence-electron chi connectivity index (χ4n) is 1.82. The molecule has 0 radical (unpaired) electrons. The lowest BCUT2D eigenvalue weighted by Gasteiger charge is -2.19. The van der Waals surface area contributed by atoms with Crippen LogP contribution in [0, 0.1) is 0 Å². The second-order valence-corrected chi connectivity index (χ2v) is 6.06. The molecule has 1 heterocycles. The fraction of sp³-hybridized carbons (Fsp3) is 0.833. The van der Waals surface area contributed by atoms with Gasteiger partial charge in [0.1, 0.15) is 6.04 Å². The number of carbonyl (C=O) groups excluding carboxylic acids is 1. The van der Waals surface area contributed by atoms with Crippen molar-refractivity contribution in [3.8, 4) is 0 Å². The number of nitrogens with zero attached hydrogens (tertiary/aromatic N) is 4. The Hall–Kier alpha value is -1.15. The van der Waals surface area contributed by atoms with E-state index in [-0.39, 0.29) is 18.1 Å². The first-order valence-electron chi connectivity index (χ1n) is 6.95. The maximum atomic E-state index is 11.9. The van der Waals surface area contributed by atoms with Gasteiger partial charge < -0.3 is 10.1 Å². The van der Waals surface area contributed by atoms with E-state index < -0.39 is 0 Å². The molecule has 2 rings (SSSR count). The van der Waals surface area contributed by atoms with Crippen LogP contribution in [0.2, 0.25) is 0 Å². The molecule has 0 aliphatic heterocycles. The quantitative estimate of drug-likeness (QED) is 0.567. The molecule has 112 valence electrons. The number of aromatic nitrogens is 4. The van der Waals surface area contributed by atoms with Crippen LogP contribution in [0.5, 0.6) is 0 Å². The van der Waals surface area contributed by atoms with Crippen molar-refractivity contribution in [3.63, 3.8) is 0 Å². The molecule has 8 heteroatoms. The molecule has 0 saturated heterocycles. The summed E-state index contributed by atoms with van der Waals surface area (Å²) in [5, 5.41) is 15.7. The van der Waals surface area contributed by atoms with Crippen molar-refractivity contribution < 1.29 is 9.53 Å². The molecule has 1 atom stereocenters. The zero-order valence-electron chi connectivity index (χ0n) is 12.1. The van der Waals surface area contributed by atoms with Crippen molar-refractivity contribution >= 4 is 17.7 Å². The molecule has 0 bridgehead atoms. The topological polar surface area (TPSA) is 81.9 Å². The first-order chi connectivity index (χ1) is 9.61. The minimum atomic E-state index is -0.343. The summed E-state index contributed by atoms with van der Waals surface area (Å²) in [6.45, 7) is 6.21. The second kappa shape index (κ2) is 7.03. The predicted octanol–water partition coefficient (Wildman–Crippen LogP) is 1.03. The standard InChI is InChI=1S/C12H21N5O2S/c1-4-19-11(18)10(13-8(2)3)7-20-12-14-15-16-17(12)9-5-6-9/h8-10,13H,4-7H2,1-3H3. The van der Waals surface area contributed by atoms with Crippen molar-refractivity contribution in [1.29, 1.82) is 0 Å². The van der Waals surface area contributed by atoms with E-state index in [0.717, 1.165) is 18.0 Å². The lowest BCUT2D eigenvalue weighted by molar-refractivity contribution is -0.145. The second-order valence-electron chi connectivity index (χ2n) is 5.07. The van der Waals surface area contributed by atoms with Crippen LogP contribution >= 0.6 is 11.8 Å². The lowest BCUT2D eigenvalue weighted by Crippen LogP contribution is -2.43. The highest BCUT2D eigenvalue weighted by Gasteiger charge is 2.29. The average molecular weight is 299 g/mol. The van der Waals surface area contributed by atoms with E-state index in [1.54, 1.807) is 0 Å². The number of carbonyl (C=O) groups is 1. The smallest absolute Gasteiger partial charge is 0.324 e. The number of nitrogens with one attached hydrogen (secondary N) is 1. The van der Waals surface area contributed by atoms with Crippen LogP contribution in [0.1, 0.15) is 39.7 Å². The molecule has 1 aromatic rings. The Morgan fingerprint density at radius 2 is 2.30 bits per heavy atom. The van der Waals surface area contributed by atoms with Crippen LogP contribution < -0.4 is 5.32 Å². The van der Waals surface area contributed by atoms with Crippen molar-refractivity contribution in [1.82, 2.24) is 25.5 Å². The van der Waals surface area contributed by atoms with E-state index in [2.05, 4.69) is 20.8 Å². The zero-order valence-corrected chi connectivity index (χ0v) is 12.9. The molecule has 1 aliphatic rings. The lowest BCUT2D eigenvalue weighted by atomic mass is 10.3. The van der Waals surface area contributed by atoms with E-state index in [1.807, 2.05) is 25.5 Å². The zero-order chi connectivity index (χ0) is 14.5. The van der Waals surface area contributed by atoms with Gasteiger partial charge >= 0.3 is 5.97 Å². The average Bonchev–Trinajstić information content (AvgIpc) is 3.13. The number of rotatable bonds is 8. The van der Waals surface area contributed by atoms with E-state index in [9.17, 15) is 4.79 Å². The normalized spacial score (nSPS) is 16.4. The maximum Gasteiger partial charge on any atom is 0.324 e. The van der Waals surface area contributed by atoms with Crippen LogP contribution in [-0.4, -0.2) is 50.6 Å². The summed E-state index contributed by atoms with van der Waals surface area (Å²) in [5.41, 5.74) is 0. The summed E-state index contributed by atoms with van der Waals surface area (Å²) in [4.78, 5) is 11.9. The molecule has 1 N–H and O–H groups in total. The number of hydrogen-bond donors (Lipinski definition) is 1. The minimum Gasteiger partial charge on any atom is -0.465 e. The van der Waals surface area contributed by atoms with Crippen molar-refractivity contribution in [2.75, 3.05) is 12.4 Å². The van der Waals surface area contributed by atoms with Crippen LogP contribution in [-0.2, 0) is 9.53 Å². The third kappa shape index (κ3) is 4.17. The molecule has 0 spiro atoms. The highest BCUT2D eigenvalue weighted by molar-refractivity contribution is 7.99. The number of hydrogen-bond acceptors (Lipinski definition) is 7. The molecule has 20 heavy (non-hydrogen) atoms. The molecule has 7 nitrogen and oxygen atoms in total. The van der Waals surface area contributed by atoms with E-state index in [0.29, 0.717) is 18.4 Å². The summed E-state index contributed by atoms with van der Waals surface area (Å²) >= 11 is 1.49. The Balaban J connectivity index is 1.93. The fourth-order valence-corrected chi connectivity index (χ4v) is 2.78. The Morgan fingerprint density at radius 1 is 1.55 bits per heavy atom. The summed E-state index contributed by atoms with van der Waals surface area (Å²) in [6.07, 6.45) is 2.26. The molecule has 0 aromatic carbocycles. The Labute approximate surface area is 122 Å². The largest absolute Gasteiger partial charge is 0.465 e. The van der Waals surface area contributed by atoms with Gasteiger partial charge in [0, 0.05) is 11.8 Å². The Bertz CT molecular complexity index is 447. The summed E-state index contributed by atoms with van der Waals surface area (Å²) in [6, 6.07) is 0.306. The van der Waals surface area contributed by atoms with Crippen LogP contribution in [0.3, 0.4) is 0 Å². The van der Waals surface area contributed by atoms with Crippen molar-refractivity contribution in [2.45, 2.75) is 56.9 Å². The number of esters is 1. The third-order valence-corrected chi connectivity index (χ3v) is 3.87. The van der Waals surface area contributed by atoms with Gasteiger partial charge in [-0.25, -0.2) is 4.68 Å². The van der Waals surface area contributed by atoms with Gasteiger partial charge in [0.15, 0.2) is 0 Å². The highest BCUT2D eigenvalue weighted by atomic mass is 32.2. The maximum absolute atomic E-state index is 11.9. The highest BCUT2D eigenvalue weighted by Crippen LogP contribution is 2.36. The molecule has 1 aromatic heterocycles. The molecular formula is C12H21N5O2S. The van der Waals surface area contributed by atoms with Crippen LogP contribution in [0.25, 0.3) is 0 Å². The molecular weight excluding hydrogens is 278 g/mol. The SMILES string of the molecule is CCOC(=O)C(CSc1nnnn1C1CC1)NC(C)C. The Morgan fingerprint density at radius 3 is 2.90 bits per heavy atom. The van der Waals surface area contributed by atoms with E-state index in [1.165, 1.54) is 11.8 Å². The minimum absolute atomic E-state index is 0.212. The molecule has 1 fully saturated rings. The summed E-state index contributed by atoms with van der Waals surface area (Å²) in [5.74, 6) is 0.337. The van der Waals surface area contributed by atoms with Gasteiger partial charge in [-0.1, -0.05) is 25.6 Å². The van der Waals surface area contributed by atoms with Gasteiger partial charge in [0.2, 0.25) is 5.16 Å². The van der Waals surface area contributed by atoms with Gasteiger partial charge in [-0.2, -0.15) is 0 Å². The number of thioether (sulfide) groups is 1. The first kappa shape index (κ1) is 15.2. The molecule has 1 saturated carbocycles. The van der Waals surface area contributed by atoms with E-state index >= 15 is 0 Å². The van der Waals surface area contributed by atoms with Gasteiger partial charge in [-0.3, -0.25) is 4.79 Å². The van der Waals surface area contributed by atoms with Crippen LogP contribution in [0.4, 0.5) is 0 Å². The van der Waals surface area contributed by atoms with E-state index in [4.69, 9.17) is 4.74 Å². The van der Waals surface area contributed by atoms with Crippen LogP contribution in [0.15, 0.2) is 5.16 Å². The number of tetrazole rings is 1. The third-order valence-electron chi connectivity index (χ3n) is 2.84. The monoisotopic (exact) mass is 299 g/mol. The summed E-state index contributed by atoms with van der Waals surface area (Å²) in [7, 11) is 0. The number of ether oxygens (including phenoxy) is 1. The van der Waals surface area contributed by atoms with Gasteiger partial charge in [-0.15, -0.1) is 5.10 Å². The molecule has 1 unspecified atom stereocenters. The molecule has 1 aliphatic carbocycles. The first-order valence-corrected chi connectivity index (χ1v) is 7.93. The molecule has 0 amide bonds. The predicted molar refractivity (Wildman–Crippen MR) is 75.5 cm³/mol. The Kier molecular flexibility index (Phi) is 5.36. The van der Waals surface area contributed by atoms with Gasteiger partial charge in [0.05, 0.1) is 12.6 Å².